The molecule has 0 radical (unpaired) electrons. The van der Waals surface area contributed by atoms with Crippen molar-refractivity contribution in [2.75, 3.05) is 5.32 Å². The molecule has 0 fully saturated rings. The maximum absolute atomic E-state index is 12.5. The average molecular weight is 370 g/mol. The molecule has 0 aliphatic heterocycles. The van der Waals surface area contributed by atoms with Gasteiger partial charge < -0.3 is 5.32 Å². The summed E-state index contributed by atoms with van der Waals surface area (Å²) >= 11 is 2.92. The minimum atomic E-state index is -0.197. The highest BCUT2D eigenvalue weighted by atomic mass is 32.2. The summed E-state index contributed by atoms with van der Waals surface area (Å²) in [6.45, 7) is 4.63. The second-order valence-corrected chi connectivity index (χ2v) is 8.27. The number of Topliss-reactive ketones (excluding diaryl/α,β-unsaturated/α-hetero) is 1. The summed E-state index contributed by atoms with van der Waals surface area (Å²) in [6, 6.07) is 17.8. The van der Waals surface area contributed by atoms with Crippen LogP contribution >= 0.6 is 23.1 Å². The van der Waals surface area contributed by atoms with Gasteiger partial charge in [0, 0.05) is 12.1 Å². The molecule has 0 amide bonds. The van der Waals surface area contributed by atoms with Crippen LogP contribution in [0.25, 0.3) is 0 Å². The minimum Gasteiger partial charge on any atom is -0.356 e. The number of aromatic nitrogens is 2. The Kier molecular flexibility index (Phi) is 5.83. The summed E-state index contributed by atoms with van der Waals surface area (Å²) in [5, 5.41) is 12.2. The highest BCUT2D eigenvalue weighted by molar-refractivity contribution is 8.02. The van der Waals surface area contributed by atoms with Gasteiger partial charge >= 0.3 is 0 Å². The molecule has 6 heteroatoms. The van der Waals surface area contributed by atoms with Crippen LogP contribution in [0.2, 0.25) is 0 Å². The smallest absolute Gasteiger partial charge is 0.206 e. The third-order valence-electron chi connectivity index (χ3n) is 3.68. The van der Waals surface area contributed by atoms with Crippen molar-refractivity contribution in [3.63, 3.8) is 0 Å². The van der Waals surface area contributed by atoms with Crippen molar-refractivity contribution in [2.24, 2.45) is 0 Å². The van der Waals surface area contributed by atoms with Crippen LogP contribution in [-0.4, -0.2) is 21.2 Å². The van der Waals surface area contributed by atoms with Gasteiger partial charge in [0.05, 0.1) is 5.25 Å². The van der Waals surface area contributed by atoms with E-state index in [9.17, 15) is 4.79 Å². The number of ketones is 1. The van der Waals surface area contributed by atoms with E-state index in [-0.39, 0.29) is 11.0 Å². The van der Waals surface area contributed by atoms with Crippen LogP contribution in [0.15, 0.2) is 58.9 Å². The van der Waals surface area contributed by atoms with Gasteiger partial charge in [-0.05, 0) is 19.4 Å². The summed E-state index contributed by atoms with van der Waals surface area (Å²) in [7, 11) is 0. The highest BCUT2D eigenvalue weighted by Gasteiger charge is 2.18. The Morgan fingerprint density at radius 2 is 1.84 bits per heavy atom. The molecule has 2 aromatic carbocycles. The monoisotopic (exact) mass is 369 g/mol. The molecule has 3 rings (SSSR count). The van der Waals surface area contributed by atoms with E-state index in [0.717, 1.165) is 20.6 Å². The summed E-state index contributed by atoms with van der Waals surface area (Å²) in [6.07, 6.45) is 0. The molecule has 4 nitrogen and oxygen atoms in total. The fraction of sp³-hybridized carbons (Fsp3) is 0.211. The number of carbonyl (C=O) groups is 1. The maximum Gasteiger partial charge on any atom is 0.206 e. The van der Waals surface area contributed by atoms with Crippen molar-refractivity contribution in [2.45, 2.75) is 30.0 Å². The Labute approximate surface area is 155 Å². The third kappa shape index (κ3) is 4.90. The molecule has 25 heavy (non-hydrogen) atoms. The van der Waals surface area contributed by atoms with Crippen LogP contribution in [0.3, 0.4) is 0 Å². The van der Waals surface area contributed by atoms with Crippen LogP contribution in [0.1, 0.15) is 28.4 Å². The van der Waals surface area contributed by atoms with Crippen LogP contribution in [-0.2, 0) is 6.54 Å². The van der Waals surface area contributed by atoms with Crippen LogP contribution in [0.5, 0.6) is 0 Å². The number of nitrogens with one attached hydrogen (secondary N) is 1. The second-order valence-electron chi connectivity index (χ2n) is 5.70. The molecule has 1 heterocycles. The molecular weight excluding hydrogens is 350 g/mol. The summed E-state index contributed by atoms with van der Waals surface area (Å²) < 4.78 is 0.795. The predicted molar refractivity (Wildman–Crippen MR) is 105 cm³/mol. The number of benzene rings is 2. The van der Waals surface area contributed by atoms with Gasteiger partial charge in [-0.15, -0.1) is 10.2 Å². The first-order chi connectivity index (χ1) is 12.1. The van der Waals surface area contributed by atoms with Gasteiger partial charge in [0.15, 0.2) is 10.1 Å². The van der Waals surface area contributed by atoms with Crippen LogP contribution in [0.4, 0.5) is 5.13 Å². The molecular formula is C19H19N3OS2. The Balaban J connectivity index is 1.57. The number of aryl methyl sites for hydroxylation is 1. The van der Waals surface area contributed by atoms with E-state index in [2.05, 4.69) is 27.6 Å². The first kappa shape index (κ1) is 17.6. The Hall–Kier alpha value is -2.18. The summed E-state index contributed by atoms with van der Waals surface area (Å²) in [4.78, 5) is 12.5. The van der Waals surface area contributed by atoms with E-state index in [1.807, 2.05) is 56.3 Å². The van der Waals surface area contributed by atoms with Gasteiger partial charge in [0.1, 0.15) is 0 Å². The quantitative estimate of drug-likeness (QED) is 0.478. The fourth-order valence-electron chi connectivity index (χ4n) is 2.26. The second kappa shape index (κ2) is 8.27. The van der Waals surface area contributed by atoms with Crippen molar-refractivity contribution in [3.8, 4) is 0 Å². The van der Waals surface area contributed by atoms with Gasteiger partial charge in [0.25, 0.3) is 0 Å². The number of carbonyl (C=O) groups excluding carboxylic acids is 1. The van der Waals surface area contributed by atoms with Crippen molar-refractivity contribution in [1.82, 2.24) is 10.2 Å². The molecule has 3 aromatic rings. The highest BCUT2D eigenvalue weighted by Crippen LogP contribution is 2.30. The summed E-state index contributed by atoms with van der Waals surface area (Å²) in [5.41, 5.74) is 3.07. The largest absolute Gasteiger partial charge is 0.356 e. The van der Waals surface area contributed by atoms with E-state index in [1.165, 1.54) is 28.7 Å². The Morgan fingerprint density at radius 3 is 2.56 bits per heavy atom. The fourth-order valence-corrected chi connectivity index (χ4v) is 4.23. The molecule has 1 atom stereocenters. The van der Waals surface area contributed by atoms with Crippen molar-refractivity contribution >= 4 is 34.0 Å². The molecule has 1 aromatic heterocycles. The van der Waals surface area contributed by atoms with Crippen molar-refractivity contribution in [1.29, 1.82) is 0 Å². The van der Waals surface area contributed by atoms with Crippen molar-refractivity contribution < 1.29 is 4.79 Å². The zero-order valence-corrected chi connectivity index (χ0v) is 15.7. The molecule has 0 spiro atoms. The normalized spacial score (nSPS) is 11.9. The molecule has 1 unspecified atom stereocenters. The number of thioether (sulfide) groups is 1. The van der Waals surface area contributed by atoms with Crippen molar-refractivity contribution in [3.05, 3.63) is 71.3 Å². The Morgan fingerprint density at radius 1 is 1.12 bits per heavy atom. The zero-order valence-electron chi connectivity index (χ0n) is 14.1. The topological polar surface area (TPSA) is 54.9 Å². The molecule has 0 bridgehead atoms. The molecule has 0 aliphatic rings. The lowest BCUT2D eigenvalue weighted by atomic mass is 10.1. The number of nitrogens with zero attached hydrogens (tertiary/aromatic N) is 2. The number of hydrogen-bond donors (Lipinski definition) is 1. The molecule has 0 aliphatic carbocycles. The average Bonchev–Trinajstić information content (AvgIpc) is 3.08. The minimum absolute atomic E-state index is 0.110. The van der Waals surface area contributed by atoms with E-state index < -0.39 is 0 Å². The lowest BCUT2D eigenvalue weighted by Crippen LogP contribution is -2.13. The zero-order chi connectivity index (χ0) is 17.6. The van der Waals surface area contributed by atoms with Gasteiger partial charge in [-0.1, -0.05) is 83.3 Å². The van der Waals surface area contributed by atoms with E-state index >= 15 is 0 Å². The Bertz CT molecular complexity index is 831. The lowest BCUT2D eigenvalue weighted by Gasteiger charge is -2.08. The van der Waals surface area contributed by atoms with Gasteiger partial charge in [-0.25, -0.2) is 0 Å². The van der Waals surface area contributed by atoms with Gasteiger partial charge in [-0.3, -0.25) is 4.79 Å². The number of anilines is 1. The van der Waals surface area contributed by atoms with Gasteiger partial charge in [0.2, 0.25) is 5.13 Å². The number of rotatable bonds is 7. The predicted octanol–water partition coefficient (Wildman–Crippen LogP) is 4.82. The van der Waals surface area contributed by atoms with Crippen LogP contribution < -0.4 is 5.32 Å². The van der Waals surface area contributed by atoms with E-state index in [4.69, 9.17) is 0 Å². The van der Waals surface area contributed by atoms with Gasteiger partial charge in [-0.2, -0.15) is 0 Å². The maximum atomic E-state index is 12.5. The standard InChI is InChI=1S/C19H19N3OS2/c1-13-8-10-16(11-9-13)17(23)14(2)24-19-22-21-18(25-19)20-12-15-6-4-3-5-7-15/h3-11,14H,12H2,1-2H3,(H,20,21). The molecule has 0 saturated carbocycles. The SMILES string of the molecule is Cc1ccc(C(=O)C(C)Sc2nnc(NCc3ccccc3)s2)cc1. The van der Waals surface area contributed by atoms with Crippen LogP contribution in [0, 0.1) is 6.92 Å². The lowest BCUT2D eigenvalue weighted by molar-refractivity contribution is 0.0994. The first-order valence-electron chi connectivity index (χ1n) is 8.00. The third-order valence-corrected chi connectivity index (χ3v) is 5.74. The number of hydrogen-bond acceptors (Lipinski definition) is 6. The summed E-state index contributed by atoms with van der Waals surface area (Å²) in [5.74, 6) is 0.110. The molecule has 128 valence electrons. The first-order valence-corrected chi connectivity index (χ1v) is 9.70. The molecule has 0 saturated heterocycles. The van der Waals surface area contributed by atoms with E-state index in [0.29, 0.717) is 6.54 Å². The molecule has 1 N–H and O–H groups in total. The van der Waals surface area contributed by atoms with E-state index in [1.54, 1.807) is 0 Å².